The molecule has 0 spiro atoms. The Labute approximate surface area is 134 Å². The first kappa shape index (κ1) is 16.2. The van der Waals surface area contributed by atoms with Crippen molar-refractivity contribution in [3.8, 4) is 11.1 Å². The zero-order chi connectivity index (χ0) is 16.1. The average Bonchev–Trinajstić information content (AvgIpc) is 2.88. The van der Waals surface area contributed by atoms with Crippen molar-refractivity contribution in [3.05, 3.63) is 40.8 Å². The first-order chi connectivity index (χ1) is 10.6. The second-order valence-corrected chi connectivity index (χ2v) is 5.70. The van der Waals surface area contributed by atoms with Crippen LogP contribution >= 0.6 is 11.3 Å². The van der Waals surface area contributed by atoms with E-state index in [0.29, 0.717) is 34.2 Å². The van der Waals surface area contributed by atoms with E-state index in [1.807, 2.05) is 37.3 Å². The molecule has 0 atom stereocenters. The van der Waals surface area contributed by atoms with Gasteiger partial charge in [0.2, 0.25) is 0 Å². The Balaban J connectivity index is 2.70. The van der Waals surface area contributed by atoms with Crippen molar-refractivity contribution in [2.75, 3.05) is 18.5 Å². The van der Waals surface area contributed by atoms with Gasteiger partial charge in [-0.15, -0.1) is 11.3 Å². The zero-order valence-corrected chi connectivity index (χ0v) is 13.8. The monoisotopic (exact) mass is 317 g/mol. The molecule has 0 saturated carbocycles. The third-order valence-corrected chi connectivity index (χ3v) is 4.36. The van der Waals surface area contributed by atoms with Gasteiger partial charge in [-0.05, 0) is 26.3 Å². The third-order valence-electron chi connectivity index (χ3n) is 3.11. The van der Waals surface area contributed by atoms with Gasteiger partial charge in [-0.2, -0.15) is 0 Å². The molecule has 1 aromatic heterocycles. The van der Waals surface area contributed by atoms with E-state index in [1.165, 1.54) is 18.3 Å². The van der Waals surface area contributed by atoms with Crippen LogP contribution in [0.1, 0.15) is 40.8 Å². The molecular weight excluding hydrogens is 298 g/mol. The number of hydrogen-bond donors (Lipinski definition) is 1. The number of ether oxygens (including phenoxy) is 1. The van der Waals surface area contributed by atoms with Gasteiger partial charge in [0.05, 0.1) is 11.5 Å². The van der Waals surface area contributed by atoms with E-state index in [-0.39, 0.29) is 5.78 Å². The molecule has 1 aromatic carbocycles. The van der Waals surface area contributed by atoms with Crippen LogP contribution in [0.25, 0.3) is 11.1 Å². The van der Waals surface area contributed by atoms with Gasteiger partial charge in [-0.25, -0.2) is 4.79 Å². The highest BCUT2D eigenvalue weighted by atomic mass is 32.1. The molecule has 0 saturated heterocycles. The number of ketones is 1. The maximum absolute atomic E-state index is 12.4. The lowest BCUT2D eigenvalue weighted by Gasteiger charge is -2.08. The molecule has 1 heterocycles. The number of carbonyl (C=O) groups is 2. The van der Waals surface area contributed by atoms with Crippen LogP contribution < -0.4 is 5.32 Å². The predicted octanol–water partition coefficient (Wildman–Crippen LogP) is 4.23. The van der Waals surface area contributed by atoms with E-state index in [1.54, 1.807) is 6.92 Å². The van der Waals surface area contributed by atoms with E-state index in [9.17, 15) is 9.59 Å². The molecule has 22 heavy (non-hydrogen) atoms. The maximum Gasteiger partial charge on any atom is 0.341 e. The largest absolute Gasteiger partial charge is 0.462 e. The first-order valence-electron chi connectivity index (χ1n) is 7.24. The fraction of sp³-hybridized carbons (Fsp3) is 0.294. The van der Waals surface area contributed by atoms with Crippen molar-refractivity contribution in [2.45, 2.75) is 20.8 Å². The number of anilines is 1. The molecule has 5 heteroatoms. The van der Waals surface area contributed by atoms with Gasteiger partial charge in [-0.3, -0.25) is 4.79 Å². The summed E-state index contributed by atoms with van der Waals surface area (Å²) >= 11 is 1.31. The minimum atomic E-state index is -0.402. The number of rotatable bonds is 6. The Bertz CT molecular complexity index is 677. The van der Waals surface area contributed by atoms with Crippen molar-refractivity contribution >= 4 is 28.1 Å². The van der Waals surface area contributed by atoms with Gasteiger partial charge >= 0.3 is 5.97 Å². The summed E-state index contributed by atoms with van der Waals surface area (Å²) in [5.74, 6) is -0.459. The molecule has 4 nitrogen and oxygen atoms in total. The number of carbonyl (C=O) groups excluding carboxylic acids is 2. The lowest BCUT2D eigenvalue weighted by Crippen LogP contribution is -2.09. The van der Waals surface area contributed by atoms with Gasteiger partial charge in [0.25, 0.3) is 0 Å². The van der Waals surface area contributed by atoms with Gasteiger partial charge in [0, 0.05) is 12.1 Å². The van der Waals surface area contributed by atoms with E-state index in [2.05, 4.69) is 5.32 Å². The molecule has 1 N–H and O–H groups in total. The highest BCUT2D eigenvalue weighted by Crippen LogP contribution is 2.41. The zero-order valence-electron chi connectivity index (χ0n) is 12.9. The SMILES string of the molecule is CCNc1sc(C(C)=O)c(-c2ccccc2)c1C(=O)OCC. The second kappa shape index (κ2) is 7.22. The minimum absolute atomic E-state index is 0.0569. The Hall–Kier alpha value is -2.14. The summed E-state index contributed by atoms with van der Waals surface area (Å²) < 4.78 is 5.19. The van der Waals surface area contributed by atoms with Crippen molar-refractivity contribution in [1.29, 1.82) is 0 Å². The molecule has 0 unspecified atom stereocenters. The molecule has 0 aliphatic rings. The Morgan fingerprint density at radius 2 is 1.86 bits per heavy atom. The Morgan fingerprint density at radius 3 is 2.41 bits per heavy atom. The molecular formula is C17H19NO3S. The molecule has 0 fully saturated rings. The number of nitrogens with one attached hydrogen (secondary N) is 1. The summed E-state index contributed by atoms with van der Waals surface area (Å²) in [6.45, 7) is 6.20. The van der Waals surface area contributed by atoms with Crippen LogP contribution in [-0.4, -0.2) is 24.9 Å². The van der Waals surface area contributed by atoms with Crippen LogP contribution in [0.3, 0.4) is 0 Å². The lowest BCUT2D eigenvalue weighted by molar-refractivity contribution is 0.0529. The van der Waals surface area contributed by atoms with E-state index in [0.717, 1.165) is 5.56 Å². The summed E-state index contributed by atoms with van der Waals surface area (Å²) in [5, 5.41) is 3.85. The molecule has 0 bridgehead atoms. The van der Waals surface area contributed by atoms with Crippen LogP contribution in [0.5, 0.6) is 0 Å². The smallest absolute Gasteiger partial charge is 0.341 e. The van der Waals surface area contributed by atoms with Gasteiger partial charge in [-0.1, -0.05) is 30.3 Å². The van der Waals surface area contributed by atoms with Crippen molar-refractivity contribution in [1.82, 2.24) is 0 Å². The van der Waals surface area contributed by atoms with Gasteiger partial charge in [0.1, 0.15) is 10.6 Å². The second-order valence-electron chi connectivity index (χ2n) is 4.68. The van der Waals surface area contributed by atoms with Crippen molar-refractivity contribution in [3.63, 3.8) is 0 Å². The Morgan fingerprint density at radius 1 is 1.18 bits per heavy atom. The fourth-order valence-electron chi connectivity index (χ4n) is 2.24. The van der Waals surface area contributed by atoms with Crippen molar-refractivity contribution < 1.29 is 14.3 Å². The molecule has 116 valence electrons. The van der Waals surface area contributed by atoms with Crippen LogP contribution in [0.15, 0.2) is 30.3 Å². The average molecular weight is 317 g/mol. The number of esters is 1. The van der Waals surface area contributed by atoms with E-state index >= 15 is 0 Å². The van der Waals surface area contributed by atoms with Gasteiger partial charge in [0.15, 0.2) is 5.78 Å². The molecule has 0 radical (unpaired) electrons. The predicted molar refractivity (Wildman–Crippen MR) is 89.9 cm³/mol. The summed E-state index contributed by atoms with van der Waals surface area (Å²) in [4.78, 5) is 25.0. The molecule has 2 rings (SSSR count). The maximum atomic E-state index is 12.4. The van der Waals surface area contributed by atoms with Crippen LogP contribution in [0.4, 0.5) is 5.00 Å². The first-order valence-corrected chi connectivity index (χ1v) is 8.05. The van der Waals surface area contributed by atoms with Crippen molar-refractivity contribution in [2.24, 2.45) is 0 Å². The highest BCUT2D eigenvalue weighted by molar-refractivity contribution is 7.19. The third kappa shape index (κ3) is 3.20. The summed E-state index contributed by atoms with van der Waals surface area (Å²) in [5.41, 5.74) is 1.95. The quantitative estimate of drug-likeness (QED) is 0.640. The topological polar surface area (TPSA) is 55.4 Å². The van der Waals surface area contributed by atoms with Crippen LogP contribution in [0.2, 0.25) is 0 Å². The Kier molecular flexibility index (Phi) is 5.33. The number of hydrogen-bond acceptors (Lipinski definition) is 5. The number of benzene rings is 1. The molecule has 0 amide bonds. The molecule has 0 aliphatic heterocycles. The standard InChI is InChI=1S/C17H19NO3S/c1-4-18-16-14(17(20)21-5-2)13(15(22-16)11(3)19)12-9-7-6-8-10-12/h6-10,18H,4-5H2,1-3H3. The highest BCUT2D eigenvalue weighted by Gasteiger charge is 2.27. The number of thiophene rings is 1. The minimum Gasteiger partial charge on any atom is -0.462 e. The van der Waals surface area contributed by atoms with E-state index < -0.39 is 5.97 Å². The van der Waals surface area contributed by atoms with E-state index in [4.69, 9.17) is 4.74 Å². The fourth-order valence-corrected chi connectivity index (χ4v) is 3.42. The molecule has 0 aliphatic carbocycles. The normalized spacial score (nSPS) is 10.3. The summed E-state index contributed by atoms with van der Waals surface area (Å²) in [7, 11) is 0. The lowest BCUT2D eigenvalue weighted by atomic mass is 10.00. The van der Waals surface area contributed by atoms with Crippen LogP contribution in [-0.2, 0) is 4.74 Å². The number of Topliss-reactive ketones (excluding diaryl/α,β-unsaturated/α-hetero) is 1. The van der Waals surface area contributed by atoms with Gasteiger partial charge < -0.3 is 10.1 Å². The van der Waals surface area contributed by atoms with Crippen LogP contribution in [0, 0.1) is 0 Å². The summed E-state index contributed by atoms with van der Waals surface area (Å²) in [6.07, 6.45) is 0. The molecule has 2 aromatic rings. The summed E-state index contributed by atoms with van der Waals surface area (Å²) in [6, 6.07) is 9.47.